The van der Waals surface area contributed by atoms with Gasteiger partial charge in [0.1, 0.15) is 11.6 Å². The van der Waals surface area contributed by atoms with Crippen molar-refractivity contribution in [3.63, 3.8) is 0 Å². The summed E-state index contributed by atoms with van der Waals surface area (Å²) < 4.78 is 0. The lowest BCUT2D eigenvalue weighted by molar-refractivity contribution is 0.478. The fourth-order valence-electron chi connectivity index (χ4n) is 2.49. The average Bonchev–Trinajstić information content (AvgIpc) is 2.49. The third-order valence-electron chi connectivity index (χ3n) is 3.51. The Morgan fingerprint density at radius 1 is 1.15 bits per heavy atom. The summed E-state index contributed by atoms with van der Waals surface area (Å²) in [5, 5.41) is 6.89. The van der Waals surface area contributed by atoms with E-state index in [2.05, 4.69) is 25.6 Å². The van der Waals surface area contributed by atoms with Crippen LogP contribution in [-0.2, 0) is 0 Å². The van der Waals surface area contributed by atoms with Gasteiger partial charge in [-0.15, -0.1) is 0 Å². The molecule has 20 heavy (non-hydrogen) atoms. The molecule has 2 aromatic rings. The van der Waals surface area contributed by atoms with Crippen molar-refractivity contribution in [1.29, 1.82) is 0 Å². The number of pyridine rings is 1. The second kappa shape index (κ2) is 5.96. The van der Waals surface area contributed by atoms with E-state index in [0.29, 0.717) is 6.04 Å². The minimum atomic E-state index is 0.496. The molecule has 1 saturated heterocycles. The predicted octanol–water partition coefficient (Wildman–Crippen LogP) is 2.01. The standard InChI is InChI=1S/C15H19N5/c1-11-18-14(12-2-6-16-7-3-12)10-15(19-11)20-13-4-8-17-9-5-13/h2-3,6-7,10,13,17H,4-5,8-9H2,1H3,(H,18,19,20). The van der Waals surface area contributed by atoms with Crippen LogP contribution in [0.15, 0.2) is 30.6 Å². The second-order valence-corrected chi connectivity index (χ2v) is 5.09. The highest BCUT2D eigenvalue weighted by atomic mass is 15.1. The summed E-state index contributed by atoms with van der Waals surface area (Å²) in [5.74, 6) is 1.70. The van der Waals surface area contributed by atoms with Gasteiger partial charge in [0, 0.05) is 30.1 Å². The van der Waals surface area contributed by atoms with E-state index in [4.69, 9.17) is 0 Å². The van der Waals surface area contributed by atoms with Crippen molar-refractivity contribution in [3.05, 3.63) is 36.4 Å². The number of aromatic nitrogens is 3. The molecule has 0 atom stereocenters. The highest BCUT2D eigenvalue weighted by Gasteiger charge is 2.14. The number of piperidine rings is 1. The van der Waals surface area contributed by atoms with Gasteiger partial charge in [-0.2, -0.15) is 0 Å². The Morgan fingerprint density at radius 2 is 1.90 bits per heavy atom. The maximum absolute atomic E-state index is 4.51. The number of anilines is 1. The van der Waals surface area contributed by atoms with Gasteiger partial charge >= 0.3 is 0 Å². The SMILES string of the molecule is Cc1nc(NC2CCNCC2)cc(-c2ccncc2)n1. The van der Waals surface area contributed by atoms with E-state index in [1.165, 1.54) is 0 Å². The van der Waals surface area contributed by atoms with E-state index < -0.39 is 0 Å². The molecule has 0 bridgehead atoms. The molecule has 0 amide bonds. The molecule has 5 nitrogen and oxygen atoms in total. The number of hydrogen-bond donors (Lipinski definition) is 2. The van der Waals surface area contributed by atoms with Crippen LogP contribution in [0.1, 0.15) is 18.7 Å². The zero-order valence-electron chi connectivity index (χ0n) is 11.6. The van der Waals surface area contributed by atoms with Gasteiger partial charge in [-0.1, -0.05) is 0 Å². The highest BCUT2D eigenvalue weighted by molar-refractivity contribution is 5.61. The number of hydrogen-bond acceptors (Lipinski definition) is 5. The number of rotatable bonds is 3. The van der Waals surface area contributed by atoms with Gasteiger partial charge in [-0.25, -0.2) is 9.97 Å². The molecule has 0 unspecified atom stereocenters. The molecule has 1 aliphatic heterocycles. The van der Waals surface area contributed by atoms with Crippen molar-refractivity contribution in [2.75, 3.05) is 18.4 Å². The normalized spacial score (nSPS) is 16.1. The van der Waals surface area contributed by atoms with Crippen LogP contribution < -0.4 is 10.6 Å². The third kappa shape index (κ3) is 3.11. The Morgan fingerprint density at radius 3 is 2.65 bits per heavy atom. The van der Waals surface area contributed by atoms with Crippen LogP contribution >= 0.6 is 0 Å². The lowest BCUT2D eigenvalue weighted by Crippen LogP contribution is -2.35. The molecule has 2 aromatic heterocycles. The molecule has 1 fully saturated rings. The fraction of sp³-hybridized carbons (Fsp3) is 0.400. The van der Waals surface area contributed by atoms with Gasteiger partial charge in [-0.05, 0) is 45.0 Å². The number of nitrogens with zero attached hydrogens (tertiary/aromatic N) is 3. The quantitative estimate of drug-likeness (QED) is 0.892. The van der Waals surface area contributed by atoms with Gasteiger partial charge in [0.2, 0.25) is 0 Å². The van der Waals surface area contributed by atoms with Crippen LogP contribution in [-0.4, -0.2) is 34.1 Å². The van der Waals surface area contributed by atoms with E-state index in [1.807, 2.05) is 25.1 Å². The molecule has 0 saturated carbocycles. The zero-order valence-corrected chi connectivity index (χ0v) is 11.6. The summed E-state index contributed by atoms with van der Waals surface area (Å²) in [4.78, 5) is 13.0. The van der Waals surface area contributed by atoms with E-state index in [0.717, 1.165) is 48.8 Å². The fourth-order valence-corrected chi connectivity index (χ4v) is 2.49. The Balaban J connectivity index is 1.83. The average molecular weight is 269 g/mol. The molecule has 3 rings (SSSR count). The lowest BCUT2D eigenvalue weighted by Gasteiger charge is -2.24. The maximum Gasteiger partial charge on any atom is 0.130 e. The molecular weight excluding hydrogens is 250 g/mol. The smallest absolute Gasteiger partial charge is 0.130 e. The topological polar surface area (TPSA) is 62.7 Å². The Kier molecular flexibility index (Phi) is 3.87. The zero-order chi connectivity index (χ0) is 13.8. The van der Waals surface area contributed by atoms with Crippen molar-refractivity contribution in [1.82, 2.24) is 20.3 Å². The first kappa shape index (κ1) is 13.0. The monoisotopic (exact) mass is 269 g/mol. The van der Waals surface area contributed by atoms with Crippen LogP contribution in [0.4, 0.5) is 5.82 Å². The molecule has 5 heteroatoms. The Bertz CT molecular complexity index is 564. The lowest BCUT2D eigenvalue weighted by atomic mass is 10.1. The first-order chi connectivity index (χ1) is 9.81. The maximum atomic E-state index is 4.51. The summed E-state index contributed by atoms with van der Waals surface area (Å²) in [5.41, 5.74) is 2.01. The van der Waals surface area contributed by atoms with Gasteiger partial charge in [0.25, 0.3) is 0 Å². The molecule has 0 spiro atoms. The summed E-state index contributed by atoms with van der Waals surface area (Å²) in [6.07, 6.45) is 5.83. The van der Waals surface area contributed by atoms with Gasteiger partial charge in [-0.3, -0.25) is 4.98 Å². The summed E-state index contributed by atoms with van der Waals surface area (Å²) in [6, 6.07) is 6.45. The van der Waals surface area contributed by atoms with Gasteiger partial charge in [0.15, 0.2) is 0 Å². The van der Waals surface area contributed by atoms with Gasteiger partial charge < -0.3 is 10.6 Å². The van der Waals surface area contributed by atoms with Crippen LogP contribution in [0.25, 0.3) is 11.3 Å². The second-order valence-electron chi connectivity index (χ2n) is 5.09. The third-order valence-corrected chi connectivity index (χ3v) is 3.51. The molecule has 2 N–H and O–H groups in total. The number of aryl methyl sites for hydroxylation is 1. The van der Waals surface area contributed by atoms with Crippen LogP contribution in [0.3, 0.4) is 0 Å². The summed E-state index contributed by atoms with van der Waals surface area (Å²) in [6.45, 7) is 4.07. The Labute approximate surface area is 118 Å². The summed E-state index contributed by atoms with van der Waals surface area (Å²) >= 11 is 0. The largest absolute Gasteiger partial charge is 0.367 e. The summed E-state index contributed by atoms with van der Waals surface area (Å²) in [7, 11) is 0. The molecule has 104 valence electrons. The molecular formula is C15H19N5. The predicted molar refractivity (Wildman–Crippen MR) is 79.5 cm³/mol. The van der Waals surface area contributed by atoms with Crippen molar-refractivity contribution in [2.45, 2.75) is 25.8 Å². The van der Waals surface area contributed by atoms with Crippen molar-refractivity contribution < 1.29 is 0 Å². The first-order valence-electron chi connectivity index (χ1n) is 7.04. The Hall–Kier alpha value is -2.01. The minimum absolute atomic E-state index is 0.496. The first-order valence-corrected chi connectivity index (χ1v) is 7.04. The molecule has 0 radical (unpaired) electrons. The van der Waals surface area contributed by atoms with E-state index >= 15 is 0 Å². The highest BCUT2D eigenvalue weighted by Crippen LogP contribution is 2.20. The van der Waals surface area contributed by atoms with Crippen molar-refractivity contribution in [3.8, 4) is 11.3 Å². The number of nitrogens with one attached hydrogen (secondary N) is 2. The van der Waals surface area contributed by atoms with E-state index in [-0.39, 0.29) is 0 Å². The van der Waals surface area contributed by atoms with Crippen LogP contribution in [0.5, 0.6) is 0 Å². The molecule has 3 heterocycles. The van der Waals surface area contributed by atoms with Crippen molar-refractivity contribution >= 4 is 5.82 Å². The van der Waals surface area contributed by atoms with Crippen LogP contribution in [0, 0.1) is 6.92 Å². The minimum Gasteiger partial charge on any atom is -0.367 e. The molecule has 0 aliphatic carbocycles. The van der Waals surface area contributed by atoms with E-state index in [1.54, 1.807) is 12.4 Å². The van der Waals surface area contributed by atoms with Crippen LogP contribution in [0.2, 0.25) is 0 Å². The molecule has 1 aliphatic rings. The van der Waals surface area contributed by atoms with Crippen molar-refractivity contribution in [2.24, 2.45) is 0 Å². The van der Waals surface area contributed by atoms with E-state index in [9.17, 15) is 0 Å². The molecule has 0 aromatic carbocycles. The van der Waals surface area contributed by atoms with Gasteiger partial charge in [0.05, 0.1) is 5.69 Å².